The molecule has 0 heterocycles. The molecule has 31 heavy (non-hydrogen) atoms. The molecule has 0 radical (unpaired) electrons. The molecule has 0 saturated heterocycles. The quantitative estimate of drug-likeness (QED) is 0.182. The van der Waals surface area contributed by atoms with Gasteiger partial charge in [0.05, 0.1) is 10.6 Å². The number of benzene rings is 3. The van der Waals surface area contributed by atoms with Crippen molar-refractivity contribution in [2.45, 2.75) is 12.3 Å². The van der Waals surface area contributed by atoms with Gasteiger partial charge in [-0.25, -0.2) is 0 Å². The zero-order chi connectivity index (χ0) is 21.6. The number of para-hydroxylation sites is 1. The fraction of sp³-hybridized carbons (Fsp3) is 0.208. The predicted molar refractivity (Wildman–Crippen MR) is 120 cm³/mol. The van der Waals surface area contributed by atoms with Crippen molar-refractivity contribution in [2.24, 2.45) is 11.1 Å². The summed E-state index contributed by atoms with van der Waals surface area (Å²) in [5, 5.41) is 16.1. The third kappa shape index (κ3) is 5.41. The molecule has 7 heteroatoms. The molecule has 0 amide bonds. The number of rotatable bonds is 9. The molecule has 2 atom stereocenters. The van der Waals surface area contributed by atoms with Crippen LogP contribution in [0.5, 0.6) is 5.75 Å². The Kier molecular flexibility index (Phi) is 6.48. The van der Waals surface area contributed by atoms with E-state index >= 15 is 0 Å². The van der Waals surface area contributed by atoms with Gasteiger partial charge in [0.25, 0.3) is 5.69 Å². The Morgan fingerprint density at radius 3 is 2.39 bits per heavy atom. The van der Waals surface area contributed by atoms with Crippen LogP contribution in [0, 0.1) is 16.0 Å². The highest BCUT2D eigenvalue weighted by Crippen LogP contribution is 2.49. The number of nitrogens with zero attached hydrogens (tertiary/aromatic N) is 2. The maximum atomic E-state index is 11.0. The Bertz CT molecular complexity index is 1050. The number of non-ortho nitro benzene ring substituents is 1. The first-order valence-corrected chi connectivity index (χ1v) is 10.4. The molecule has 1 aliphatic rings. The summed E-state index contributed by atoms with van der Waals surface area (Å²) < 4.78 is 5.63. The lowest BCUT2D eigenvalue weighted by atomic mass is 10.0. The van der Waals surface area contributed by atoms with E-state index in [-0.39, 0.29) is 11.6 Å². The van der Waals surface area contributed by atoms with Gasteiger partial charge >= 0.3 is 0 Å². The smallest absolute Gasteiger partial charge is 0.269 e. The molecule has 0 spiro atoms. The van der Waals surface area contributed by atoms with E-state index in [0.717, 1.165) is 23.4 Å². The van der Waals surface area contributed by atoms with Gasteiger partial charge in [0.2, 0.25) is 0 Å². The normalized spacial score (nSPS) is 17.8. The number of hydrogen-bond donors (Lipinski definition) is 0. The summed E-state index contributed by atoms with van der Waals surface area (Å²) in [6, 6.07) is 23.7. The summed E-state index contributed by atoms with van der Waals surface area (Å²) in [7, 11) is 0. The molecular formula is C24H21ClN2O4. The summed E-state index contributed by atoms with van der Waals surface area (Å²) in [5.74, 6) is 1.27. The Morgan fingerprint density at radius 1 is 1.00 bits per heavy atom. The van der Waals surface area contributed by atoms with Crippen molar-refractivity contribution in [2.75, 3.05) is 13.2 Å². The van der Waals surface area contributed by atoms with Crippen molar-refractivity contribution < 1.29 is 14.5 Å². The van der Waals surface area contributed by atoms with Crippen LogP contribution in [0.4, 0.5) is 5.69 Å². The van der Waals surface area contributed by atoms with Gasteiger partial charge in [0, 0.05) is 28.6 Å². The van der Waals surface area contributed by atoms with Crippen molar-refractivity contribution in [3.63, 3.8) is 0 Å². The van der Waals surface area contributed by atoms with Crippen molar-refractivity contribution in [1.82, 2.24) is 0 Å². The van der Waals surface area contributed by atoms with Crippen molar-refractivity contribution in [3.05, 3.63) is 105 Å². The number of ether oxygens (including phenoxy) is 1. The molecular weight excluding hydrogens is 416 g/mol. The predicted octanol–water partition coefficient (Wildman–Crippen LogP) is 5.85. The molecule has 158 valence electrons. The Balaban J connectivity index is 1.45. The van der Waals surface area contributed by atoms with E-state index in [1.807, 2.05) is 54.6 Å². The van der Waals surface area contributed by atoms with Gasteiger partial charge in [0.15, 0.2) is 6.61 Å². The second-order valence-electron chi connectivity index (χ2n) is 7.28. The van der Waals surface area contributed by atoms with Gasteiger partial charge in [-0.2, -0.15) is 0 Å². The molecule has 6 nitrogen and oxygen atoms in total. The van der Waals surface area contributed by atoms with Gasteiger partial charge in [-0.1, -0.05) is 47.1 Å². The highest BCUT2D eigenvalue weighted by Gasteiger charge is 2.43. The van der Waals surface area contributed by atoms with Crippen molar-refractivity contribution in [1.29, 1.82) is 0 Å². The Labute approximate surface area is 185 Å². The summed E-state index contributed by atoms with van der Waals surface area (Å²) in [6.45, 7) is 0.663. The van der Waals surface area contributed by atoms with Crippen LogP contribution in [0.15, 0.2) is 84.0 Å². The Morgan fingerprint density at radius 2 is 1.71 bits per heavy atom. The molecule has 3 aromatic rings. The van der Waals surface area contributed by atoms with Crippen LogP contribution in [0.25, 0.3) is 0 Å². The topological polar surface area (TPSA) is 74.0 Å². The standard InChI is InChI=1S/C24H21ClN2O4/c25-19-10-6-17(7-11-19)22-16-23(22)24(18-8-12-20(13-9-18)27(28)29)26-31-15-14-30-21-4-2-1-3-5-21/h1-13,22-23H,14-16H2/b26-24-/t22-,23+/m0/s1. The van der Waals surface area contributed by atoms with Crippen LogP contribution in [0.1, 0.15) is 23.5 Å². The van der Waals surface area contributed by atoms with Gasteiger partial charge < -0.3 is 9.57 Å². The first-order valence-electron chi connectivity index (χ1n) is 10.00. The second-order valence-corrected chi connectivity index (χ2v) is 7.71. The minimum atomic E-state index is -0.411. The van der Waals surface area contributed by atoms with Gasteiger partial charge in [-0.3, -0.25) is 10.1 Å². The molecule has 3 aromatic carbocycles. The lowest BCUT2D eigenvalue weighted by molar-refractivity contribution is -0.384. The van der Waals surface area contributed by atoms with Crippen LogP contribution in [0.2, 0.25) is 5.02 Å². The number of nitro groups is 1. The van der Waals surface area contributed by atoms with E-state index in [9.17, 15) is 10.1 Å². The van der Waals surface area contributed by atoms with Crippen molar-refractivity contribution >= 4 is 23.0 Å². The number of nitro benzene ring substituents is 1. The number of halogens is 1. The Hall–Kier alpha value is -3.38. The summed E-state index contributed by atoms with van der Waals surface area (Å²) in [6.07, 6.45) is 0.932. The third-order valence-corrected chi connectivity index (χ3v) is 5.42. The first kappa shape index (κ1) is 20.9. The van der Waals surface area contributed by atoms with Crippen LogP contribution in [-0.4, -0.2) is 23.8 Å². The highest BCUT2D eigenvalue weighted by atomic mass is 35.5. The molecule has 0 aromatic heterocycles. The molecule has 1 aliphatic carbocycles. The van der Waals surface area contributed by atoms with E-state index in [1.54, 1.807) is 12.1 Å². The number of oxime groups is 1. The molecule has 0 bridgehead atoms. The summed E-state index contributed by atoms with van der Waals surface area (Å²) in [5.41, 5.74) is 2.84. The zero-order valence-electron chi connectivity index (χ0n) is 16.7. The maximum Gasteiger partial charge on any atom is 0.269 e. The van der Waals surface area contributed by atoms with Crippen LogP contribution in [-0.2, 0) is 4.84 Å². The lowest BCUT2D eigenvalue weighted by Crippen LogP contribution is -2.09. The summed E-state index contributed by atoms with van der Waals surface area (Å²) >= 11 is 6.00. The molecule has 1 saturated carbocycles. The zero-order valence-corrected chi connectivity index (χ0v) is 17.4. The second kappa shape index (κ2) is 9.62. The fourth-order valence-corrected chi connectivity index (χ4v) is 3.62. The monoisotopic (exact) mass is 436 g/mol. The molecule has 1 fully saturated rings. The minimum Gasteiger partial charge on any atom is -0.490 e. The molecule has 0 unspecified atom stereocenters. The van der Waals surface area contributed by atoms with Crippen LogP contribution in [0.3, 0.4) is 0 Å². The lowest BCUT2D eigenvalue weighted by Gasteiger charge is -2.09. The molecule has 4 rings (SSSR count). The van der Waals surface area contributed by atoms with Gasteiger partial charge in [0.1, 0.15) is 12.4 Å². The highest BCUT2D eigenvalue weighted by molar-refractivity contribution is 6.30. The molecule has 0 aliphatic heterocycles. The van der Waals surface area contributed by atoms with Crippen LogP contribution < -0.4 is 4.74 Å². The largest absolute Gasteiger partial charge is 0.490 e. The van der Waals surface area contributed by atoms with E-state index in [1.165, 1.54) is 17.7 Å². The van der Waals surface area contributed by atoms with Gasteiger partial charge in [-0.15, -0.1) is 0 Å². The summed E-state index contributed by atoms with van der Waals surface area (Å²) in [4.78, 5) is 16.1. The van der Waals surface area contributed by atoms with Crippen LogP contribution >= 0.6 is 11.6 Å². The van der Waals surface area contributed by atoms with Gasteiger partial charge in [-0.05, 0) is 54.3 Å². The maximum absolute atomic E-state index is 11.0. The van der Waals surface area contributed by atoms with E-state index in [2.05, 4.69) is 5.16 Å². The van der Waals surface area contributed by atoms with Crippen molar-refractivity contribution in [3.8, 4) is 5.75 Å². The first-order chi connectivity index (χ1) is 15.1. The minimum absolute atomic E-state index is 0.0466. The number of hydrogen-bond acceptors (Lipinski definition) is 5. The average Bonchev–Trinajstić information content (AvgIpc) is 3.58. The third-order valence-electron chi connectivity index (χ3n) is 5.16. The average molecular weight is 437 g/mol. The van der Waals surface area contributed by atoms with E-state index in [4.69, 9.17) is 21.2 Å². The SMILES string of the molecule is O=[N+]([O-])c1ccc(/C(=N/OCCOc2ccccc2)[C@@H]2C[C@H]2c2ccc(Cl)cc2)cc1. The van der Waals surface area contributed by atoms with E-state index in [0.29, 0.717) is 24.2 Å². The van der Waals surface area contributed by atoms with E-state index < -0.39 is 4.92 Å². The molecule has 0 N–H and O–H groups in total. The fourth-order valence-electron chi connectivity index (χ4n) is 3.49.